The summed E-state index contributed by atoms with van der Waals surface area (Å²) in [6.45, 7) is 5.27. The van der Waals surface area contributed by atoms with Crippen molar-refractivity contribution in [2.75, 3.05) is 0 Å². The molecule has 1 heterocycles. The molecule has 0 aliphatic heterocycles. The van der Waals surface area contributed by atoms with E-state index >= 15 is 0 Å². The van der Waals surface area contributed by atoms with Crippen LogP contribution < -0.4 is 0 Å². The third-order valence-corrected chi connectivity index (χ3v) is 4.70. The van der Waals surface area contributed by atoms with E-state index in [0.717, 1.165) is 18.5 Å². The van der Waals surface area contributed by atoms with Crippen molar-refractivity contribution >= 4 is 27.7 Å². The fourth-order valence-corrected chi connectivity index (χ4v) is 3.18. The average molecular weight is 326 g/mol. The molecule has 118 valence electrons. The number of hydrogen-bond donors (Lipinski definition) is 0. The monoisotopic (exact) mass is 325 g/mol. The van der Waals surface area contributed by atoms with Gasteiger partial charge in [0.1, 0.15) is 0 Å². The zero-order chi connectivity index (χ0) is 16.4. The molecule has 3 aromatic rings. The Balaban J connectivity index is 1.85. The van der Waals surface area contributed by atoms with Gasteiger partial charge in [0, 0.05) is 29.2 Å². The highest BCUT2D eigenvalue weighted by Crippen LogP contribution is 2.25. The van der Waals surface area contributed by atoms with E-state index in [2.05, 4.69) is 48.9 Å². The van der Waals surface area contributed by atoms with Crippen LogP contribution in [0.2, 0.25) is 0 Å². The van der Waals surface area contributed by atoms with E-state index in [-0.39, 0.29) is 0 Å². The number of aryl methyl sites for hydroxylation is 2. The summed E-state index contributed by atoms with van der Waals surface area (Å²) in [5.74, 6) is 0.492. The largest absolute Gasteiger partial charge is 0.347 e. The van der Waals surface area contributed by atoms with Crippen LogP contribution in [0.1, 0.15) is 40.7 Å². The predicted molar refractivity (Wildman–Crippen MR) is 96.3 cm³/mol. The van der Waals surface area contributed by atoms with Crippen LogP contribution in [0.5, 0.6) is 0 Å². The Morgan fingerprint density at radius 3 is 2.61 bits per heavy atom. The molecule has 0 fully saturated rings. The maximum atomic E-state index is 11.4. The number of halogens is 1. The summed E-state index contributed by atoms with van der Waals surface area (Å²) in [6, 6.07) is 16.2. The Labute approximate surface area is 141 Å². The fraction of sp³-hybridized carbons (Fsp3) is 0.250. The number of carbonyl (C=O) groups excluding carboxylic acids is 1. The van der Waals surface area contributed by atoms with Crippen molar-refractivity contribution in [3.63, 3.8) is 0 Å². The van der Waals surface area contributed by atoms with Gasteiger partial charge in [-0.3, -0.25) is 4.79 Å². The Hall–Kier alpha value is -2.06. The van der Waals surface area contributed by atoms with Crippen LogP contribution in [0.4, 0.5) is 0 Å². The first-order chi connectivity index (χ1) is 11.1. The fourth-order valence-electron chi connectivity index (χ4n) is 3.06. The molecule has 2 nitrogen and oxygen atoms in total. The molecule has 0 N–H and O–H groups in total. The van der Waals surface area contributed by atoms with Gasteiger partial charge in [-0.2, -0.15) is 0 Å². The number of carbonyl (C=O) groups is 1. The van der Waals surface area contributed by atoms with Crippen molar-refractivity contribution < 1.29 is 4.79 Å². The molecule has 1 aromatic heterocycles. The summed E-state index contributed by atoms with van der Waals surface area (Å²) in [6.07, 6.45) is 3.21. The van der Waals surface area contributed by atoms with E-state index in [1.165, 1.54) is 16.5 Å². The molecule has 0 spiro atoms. The molecule has 3 heteroatoms. The van der Waals surface area contributed by atoms with Crippen molar-refractivity contribution in [1.29, 1.82) is 0 Å². The number of benzene rings is 2. The molecule has 1 unspecified atom stereocenters. The number of hydrogen-bond acceptors (Lipinski definition) is 1. The molecular weight excluding hydrogens is 306 g/mol. The van der Waals surface area contributed by atoms with E-state index in [0.29, 0.717) is 11.5 Å². The van der Waals surface area contributed by atoms with E-state index in [4.69, 9.17) is 11.6 Å². The molecule has 0 aliphatic carbocycles. The van der Waals surface area contributed by atoms with Crippen LogP contribution in [-0.4, -0.2) is 9.81 Å². The summed E-state index contributed by atoms with van der Waals surface area (Å²) < 4.78 is 2.23. The van der Waals surface area contributed by atoms with Crippen LogP contribution in [0.15, 0.2) is 54.7 Å². The molecule has 23 heavy (non-hydrogen) atoms. The molecule has 0 amide bonds. The second-order valence-electron chi connectivity index (χ2n) is 6.11. The van der Waals surface area contributed by atoms with Gasteiger partial charge < -0.3 is 4.57 Å². The van der Waals surface area contributed by atoms with Crippen LogP contribution in [0.3, 0.4) is 0 Å². The van der Waals surface area contributed by atoms with Gasteiger partial charge in [0.2, 0.25) is 0 Å². The second kappa shape index (κ2) is 6.59. The number of nitrogens with zero attached hydrogens (tertiary/aromatic N) is 1. The average Bonchev–Trinajstić information content (AvgIpc) is 2.89. The lowest BCUT2D eigenvalue weighted by atomic mass is 9.98. The molecule has 3 rings (SSSR count). The standard InChI is InChI=1S/C20H20ClNO/c1-14(16-6-4-3-5-7-16)10-11-22-13-15(2)18-9-8-17(20(21)23)12-19(18)22/h3-9,12-14H,10-11H2,1-2H3. The van der Waals surface area contributed by atoms with Gasteiger partial charge in [-0.05, 0) is 54.1 Å². The molecule has 0 bridgehead atoms. The Morgan fingerprint density at radius 1 is 1.17 bits per heavy atom. The van der Waals surface area contributed by atoms with Gasteiger partial charge in [0.15, 0.2) is 0 Å². The van der Waals surface area contributed by atoms with E-state index in [1.54, 1.807) is 6.07 Å². The SMILES string of the molecule is Cc1cn(CCC(C)c2ccccc2)c2cc(C(=O)Cl)ccc12. The van der Waals surface area contributed by atoms with Gasteiger partial charge in [0.25, 0.3) is 5.24 Å². The summed E-state index contributed by atoms with van der Waals surface area (Å²) in [7, 11) is 0. The van der Waals surface area contributed by atoms with E-state index < -0.39 is 5.24 Å². The quantitative estimate of drug-likeness (QED) is 0.566. The maximum absolute atomic E-state index is 11.4. The van der Waals surface area contributed by atoms with Crippen molar-refractivity contribution in [3.05, 3.63) is 71.4 Å². The normalized spacial score (nSPS) is 12.5. The minimum atomic E-state index is -0.407. The van der Waals surface area contributed by atoms with Gasteiger partial charge >= 0.3 is 0 Å². The van der Waals surface area contributed by atoms with Crippen molar-refractivity contribution in [1.82, 2.24) is 4.57 Å². The summed E-state index contributed by atoms with van der Waals surface area (Å²) >= 11 is 5.62. The zero-order valence-corrected chi connectivity index (χ0v) is 14.2. The van der Waals surface area contributed by atoms with Crippen LogP contribution >= 0.6 is 11.6 Å². The highest BCUT2D eigenvalue weighted by Gasteiger charge is 2.11. The first-order valence-electron chi connectivity index (χ1n) is 7.90. The molecule has 0 aliphatic rings. The molecule has 0 saturated carbocycles. The van der Waals surface area contributed by atoms with Gasteiger partial charge in [-0.25, -0.2) is 0 Å². The number of aromatic nitrogens is 1. The first kappa shape index (κ1) is 15.8. The minimum absolute atomic E-state index is 0.407. The lowest BCUT2D eigenvalue weighted by molar-refractivity contribution is 0.108. The Kier molecular flexibility index (Phi) is 4.53. The topological polar surface area (TPSA) is 22.0 Å². The zero-order valence-electron chi connectivity index (χ0n) is 13.4. The highest BCUT2D eigenvalue weighted by atomic mass is 35.5. The van der Waals surface area contributed by atoms with Crippen LogP contribution in [0.25, 0.3) is 10.9 Å². The van der Waals surface area contributed by atoms with Crippen molar-refractivity contribution in [2.45, 2.75) is 32.7 Å². The van der Waals surface area contributed by atoms with Crippen molar-refractivity contribution in [3.8, 4) is 0 Å². The lowest BCUT2D eigenvalue weighted by Crippen LogP contribution is -2.02. The van der Waals surface area contributed by atoms with E-state index in [9.17, 15) is 4.79 Å². The Bertz CT molecular complexity index is 835. The molecule has 1 atom stereocenters. The van der Waals surface area contributed by atoms with E-state index in [1.807, 2.05) is 18.2 Å². The number of rotatable bonds is 5. The minimum Gasteiger partial charge on any atom is -0.347 e. The molecular formula is C20H20ClNO. The molecule has 2 aromatic carbocycles. The third kappa shape index (κ3) is 3.32. The summed E-state index contributed by atoms with van der Waals surface area (Å²) in [4.78, 5) is 11.4. The number of fused-ring (bicyclic) bond motifs is 1. The molecule has 0 radical (unpaired) electrons. The van der Waals surface area contributed by atoms with Crippen LogP contribution in [-0.2, 0) is 6.54 Å². The second-order valence-corrected chi connectivity index (χ2v) is 6.45. The molecule has 0 saturated heterocycles. The maximum Gasteiger partial charge on any atom is 0.252 e. The lowest BCUT2D eigenvalue weighted by Gasteiger charge is -2.13. The summed E-state index contributed by atoms with van der Waals surface area (Å²) in [5.41, 5.74) is 4.21. The van der Waals surface area contributed by atoms with Crippen LogP contribution in [0, 0.1) is 6.92 Å². The first-order valence-corrected chi connectivity index (χ1v) is 8.28. The highest BCUT2D eigenvalue weighted by molar-refractivity contribution is 6.67. The summed E-state index contributed by atoms with van der Waals surface area (Å²) in [5, 5.41) is 0.772. The van der Waals surface area contributed by atoms with Crippen molar-refractivity contribution in [2.24, 2.45) is 0 Å². The third-order valence-electron chi connectivity index (χ3n) is 4.48. The van der Waals surface area contributed by atoms with Gasteiger partial charge in [-0.1, -0.05) is 43.3 Å². The Morgan fingerprint density at radius 2 is 1.91 bits per heavy atom. The van der Waals surface area contributed by atoms with Gasteiger partial charge in [0.05, 0.1) is 0 Å². The smallest absolute Gasteiger partial charge is 0.252 e. The predicted octanol–water partition coefficient (Wildman–Crippen LogP) is 5.52. The van der Waals surface area contributed by atoms with Gasteiger partial charge in [-0.15, -0.1) is 0 Å².